The molecule has 2 unspecified atom stereocenters. The summed E-state index contributed by atoms with van der Waals surface area (Å²) in [4.78, 5) is 55.6. The number of allylic oxidation sites excluding steroid dienone is 2. The number of imide groups is 1. The molecule has 1 fully saturated rings. The fraction of sp³-hybridized carbons (Fsp3) is 0.409. The number of amides is 3. The van der Waals surface area contributed by atoms with Crippen molar-refractivity contribution in [2.75, 3.05) is 10.3 Å². The molecule has 14 heteroatoms. The average Bonchev–Trinajstić information content (AvgIpc) is 3.65. The van der Waals surface area contributed by atoms with Crippen LogP contribution >= 0.6 is 46.4 Å². The van der Waals surface area contributed by atoms with Crippen LogP contribution in [0.5, 0.6) is 5.75 Å². The molecule has 2 N–H and O–H groups in total. The van der Waals surface area contributed by atoms with Crippen LogP contribution < -0.4 is 20.6 Å². The number of halogens is 4. The zero-order chi connectivity index (χ0) is 41.4. The van der Waals surface area contributed by atoms with E-state index in [1.807, 2.05) is 0 Å². The highest BCUT2D eigenvalue weighted by atomic mass is 35.5. The van der Waals surface area contributed by atoms with Gasteiger partial charge in [-0.25, -0.2) is 14.5 Å². The Labute approximate surface area is 360 Å². The topological polar surface area (TPSA) is 117 Å². The third-order valence-corrected chi connectivity index (χ3v) is 11.1. The summed E-state index contributed by atoms with van der Waals surface area (Å²) in [6.45, 7) is 2.25. The van der Waals surface area contributed by atoms with Gasteiger partial charge in [0.2, 0.25) is 11.7 Å². The lowest BCUT2D eigenvalue weighted by atomic mass is 9.99. The second-order valence-corrected chi connectivity index (χ2v) is 16.3. The van der Waals surface area contributed by atoms with Crippen LogP contribution in [0.1, 0.15) is 103 Å². The molecule has 10 nitrogen and oxygen atoms in total. The molecule has 5 rings (SSSR count). The van der Waals surface area contributed by atoms with E-state index in [9.17, 15) is 19.2 Å². The van der Waals surface area contributed by atoms with Gasteiger partial charge >= 0.3 is 11.7 Å². The number of anilines is 3. The molecule has 0 spiro atoms. The summed E-state index contributed by atoms with van der Waals surface area (Å²) in [6, 6.07) is 19.7. The number of carbonyl (C=O) groups excluding carboxylic acids is 3. The zero-order valence-corrected chi connectivity index (χ0v) is 35.8. The number of H-pyrrole nitrogens is 1. The standard InChI is InChI=1S/C44H51Cl4N5O5/c1-2-3-4-5-6-7-8-9-10-11-12-13-14-17-22-32(45)27-31-28-38(54)53(42(31)55)52(35-25-20-16-21-26-35)41-40(58-44(57)49-34-23-18-15-19-24-34)43(56)51(50-41)39-36(47)29-33(46)30-37(39)48/h13-16,18-21,23-26,29-32,50H,2-12,17,22,27-28H2,1H3,(H,49,57). The van der Waals surface area contributed by atoms with Gasteiger partial charge in [-0.3, -0.25) is 24.8 Å². The number of hydrogen-bond donors (Lipinski definition) is 2. The maximum Gasteiger partial charge on any atom is 0.417 e. The molecule has 0 saturated carbocycles. The lowest BCUT2D eigenvalue weighted by molar-refractivity contribution is -0.139. The Morgan fingerprint density at radius 2 is 1.45 bits per heavy atom. The summed E-state index contributed by atoms with van der Waals surface area (Å²) in [7, 11) is 0. The van der Waals surface area contributed by atoms with Crippen LogP contribution in [0, 0.1) is 5.92 Å². The fourth-order valence-electron chi connectivity index (χ4n) is 6.99. The zero-order valence-electron chi connectivity index (χ0n) is 32.7. The van der Waals surface area contributed by atoms with Crippen molar-refractivity contribution in [2.24, 2.45) is 5.92 Å². The second-order valence-electron chi connectivity index (χ2n) is 14.5. The van der Waals surface area contributed by atoms with Gasteiger partial charge < -0.3 is 4.74 Å². The maximum atomic E-state index is 14.2. The van der Waals surface area contributed by atoms with Gasteiger partial charge in [0.1, 0.15) is 5.69 Å². The molecule has 4 aromatic rings. The van der Waals surface area contributed by atoms with Crippen molar-refractivity contribution in [3.63, 3.8) is 0 Å². The first-order valence-corrected chi connectivity index (χ1v) is 21.7. The minimum atomic E-state index is -1.00. The molecule has 3 aromatic carbocycles. The molecule has 310 valence electrons. The van der Waals surface area contributed by atoms with Crippen molar-refractivity contribution >= 4 is 81.5 Å². The molecule has 1 aromatic heterocycles. The normalized spacial score (nSPS) is 14.7. The van der Waals surface area contributed by atoms with Gasteiger partial charge in [-0.05, 0) is 68.5 Å². The minimum absolute atomic E-state index is 0.00444. The number of benzene rings is 3. The predicted molar refractivity (Wildman–Crippen MR) is 235 cm³/mol. The van der Waals surface area contributed by atoms with Crippen LogP contribution in [0.25, 0.3) is 5.69 Å². The smallest absolute Gasteiger partial charge is 0.400 e. The molecule has 0 bridgehead atoms. The number of hydrogen-bond acceptors (Lipinski definition) is 6. The van der Waals surface area contributed by atoms with E-state index < -0.39 is 35.1 Å². The minimum Gasteiger partial charge on any atom is -0.400 e. The van der Waals surface area contributed by atoms with Crippen molar-refractivity contribution < 1.29 is 19.1 Å². The summed E-state index contributed by atoms with van der Waals surface area (Å²) in [5.74, 6) is -2.53. The largest absolute Gasteiger partial charge is 0.417 e. The highest BCUT2D eigenvalue weighted by molar-refractivity contribution is 6.40. The quantitative estimate of drug-likeness (QED) is 0.0352. The molecule has 2 heterocycles. The summed E-state index contributed by atoms with van der Waals surface area (Å²) in [5.41, 5.74) is -0.163. The molecule has 1 aliphatic heterocycles. The van der Waals surface area contributed by atoms with E-state index in [4.69, 9.17) is 51.1 Å². The van der Waals surface area contributed by atoms with Gasteiger partial charge in [-0.15, -0.1) is 11.6 Å². The molecule has 3 amide bonds. The Bertz CT molecular complexity index is 2030. The average molecular weight is 872 g/mol. The first kappa shape index (κ1) is 44.9. The molecular formula is C44H51Cl4N5O5. The summed E-state index contributed by atoms with van der Waals surface area (Å²) >= 11 is 26.0. The van der Waals surface area contributed by atoms with Crippen LogP contribution in [0.3, 0.4) is 0 Å². The lowest BCUT2D eigenvalue weighted by Crippen LogP contribution is -2.44. The Kier molecular flexibility index (Phi) is 17.6. The van der Waals surface area contributed by atoms with E-state index >= 15 is 0 Å². The number of unbranched alkanes of at least 4 members (excludes halogenated alkanes) is 10. The predicted octanol–water partition coefficient (Wildman–Crippen LogP) is 12.8. The number of nitrogens with zero attached hydrogens (tertiary/aromatic N) is 3. The number of rotatable bonds is 22. The highest BCUT2D eigenvalue weighted by Crippen LogP contribution is 2.39. The van der Waals surface area contributed by atoms with Gasteiger partial charge in [0, 0.05) is 22.5 Å². The Hall–Kier alpha value is -4.22. The van der Waals surface area contributed by atoms with Crippen LogP contribution in [0.15, 0.2) is 89.7 Å². The Balaban J connectivity index is 1.30. The van der Waals surface area contributed by atoms with E-state index in [0.717, 1.165) is 22.5 Å². The van der Waals surface area contributed by atoms with E-state index in [2.05, 4.69) is 29.5 Å². The van der Waals surface area contributed by atoms with Crippen molar-refractivity contribution in [2.45, 2.75) is 109 Å². The number of nitrogens with one attached hydrogen (secondary N) is 2. The monoisotopic (exact) mass is 869 g/mol. The van der Waals surface area contributed by atoms with Crippen LogP contribution in [-0.4, -0.2) is 38.1 Å². The Morgan fingerprint density at radius 1 is 0.862 bits per heavy atom. The van der Waals surface area contributed by atoms with E-state index in [1.165, 1.54) is 81.3 Å². The van der Waals surface area contributed by atoms with Crippen molar-refractivity contribution in [1.82, 2.24) is 14.8 Å². The number of para-hydroxylation sites is 2. The SMILES string of the molecule is CCCCCCCCCCCCC=CCCC(Cl)CC1CC(=O)N(N(c2ccccc2)c2[nH]n(-c3c(Cl)cc(Cl)cc3Cl)c(=O)c2OC(=O)Nc2ccccc2)C1=O. The van der Waals surface area contributed by atoms with Crippen molar-refractivity contribution in [1.29, 1.82) is 0 Å². The Morgan fingerprint density at radius 3 is 2.09 bits per heavy atom. The first-order valence-electron chi connectivity index (χ1n) is 20.1. The molecule has 2 atom stereocenters. The molecular weight excluding hydrogens is 820 g/mol. The molecule has 1 saturated heterocycles. The molecule has 1 aliphatic rings. The summed E-state index contributed by atoms with van der Waals surface area (Å²) < 4.78 is 6.65. The first-order chi connectivity index (χ1) is 28.1. The van der Waals surface area contributed by atoms with Gasteiger partial charge in [0.25, 0.3) is 5.91 Å². The highest BCUT2D eigenvalue weighted by Gasteiger charge is 2.45. The number of ether oxygens (including phenoxy) is 1. The number of carbonyl (C=O) groups is 3. The van der Waals surface area contributed by atoms with Crippen LogP contribution in [0.2, 0.25) is 15.1 Å². The van der Waals surface area contributed by atoms with Gasteiger partial charge in [-0.1, -0.05) is 148 Å². The van der Waals surface area contributed by atoms with Crippen molar-refractivity contribution in [3.05, 3.63) is 110 Å². The number of hydrazine groups is 1. The number of aromatic amines is 1. The van der Waals surface area contributed by atoms with Crippen LogP contribution in [0.4, 0.5) is 22.0 Å². The van der Waals surface area contributed by atoms with Crippen molar-refractivity contribution in [3.8, 4) is 11.4 Å². The van der Waals surface area contributed by atoms with E-state index in [1.54, 1.807) is 60.7 Å². The summed E-state index contributed by atoms with van der Waals surface area (Å²) in [5, 5.41) is 7.57. The van der Waals surface area contributed by atoms with E-state index in [0.29, 0.717) is 17.8 Å². The molecule has 58 heavy (non-hydrogen) atoms. The van der Waals surface area contributed by atoms with Crippen LogP contribution in [-0.2, 0) is 9.59 Å². The fourth-order valence-corrected chi connectivity index (χ4v) is 8.31. The molecule has 0 radical (unpaired) electrons. The third-order valence-electron chi connectivity index (χ3n) is 9.96. The maximum absolute atomic E-state index is 14.2. The molecule has 0 aliphatic carbocycles. The van der Waals surface area contributed by atoms with Gasteiger partial charge in [0.05, 0.1) is 21.7 Å². The lowest BCUT2D eigenvalue weighted by Gasteiger charge is -2.31. The van der Waals surface area contributed by atoms with Gasteiger partial charge in [0.15, 0.2) is 5.82 Å². The number of aromatic nitrogens is 2. The van der Waals surface area contributed by atoms with Gasteiger partial charge in [-0.2, -0.15) is 5.01 Å². The second kappa shape index (κ2) is 22.8. The number of alkyl halides is 1. The summed E-state index contributed by atoms with van der Waals surface area (Å²) in [6.07, 6.45) is 19.0. The van der Waals surface area contributed by atoms with E-state index in [-0.39, 0.29) is 44.8 Å². The third kappa shape index (κ3) is 12.4.